The van der Waals surface area contributed by atoms with E-state index in [2.05, 4.69) is 10.3 Å². The molecule has 1 aromatic heterocycles. The van der Waals surface area contributed by atoms with Crippen LogP contribution in [-0.2, 0) is 0 Å². The Morgan fingerprint density at radius 3 is 2.88 bits per heavy atom. The number of pyridine rings is 1. The Labute approximate surface area is 102 Å². The molecule has 0 aliphatic carbocycles. The molecular weight excluding hydrogens is 224 g/mol. The van der Waals surface area contributed by atoms with Gasteiger partial charge >= 0.3 is 0 Å². The first-order valence-electron chi connectivity index (χ1n) is 5.66. The zero-order valence-electron chi connectivity index (χ0n) is 9.71. The van der Waals surface area contributed by atoms with Crippen LogP contribution in [0.25, 0.3) is 0 Å². The van der Waals surface area contributed by atoms with E-state index < -0.39 is 0 Å². The Hall–Kier alpha value is -0.960. The molecule has 1 heterocycles. The fourth-order valence-electron chi connectivity index (χ4n) is 1.44. The second-order valence-electron chi connectivity index (χ2n) is 3.62. The summed E-state index contributed by atoms with van der Waals surface area (Å²) in [5.41, 5.74) is 1.06. The van der Waals surface area contributed by atoms with Gasteiger partial charge in [-0.05, 0) is 18.9 Å². The van der Waals surface area contributed by atoms with Gasteiger partial charge in [0.05, 0.1) is 7.11 Å². The zero-order chi connectivity index (χ0) is 11.6. The Bertz CT molecular complexity index is 294. The van der Waals surface area contributed by atoms with Gasteiger partial charge in [-0.2, -0.15) is 0 Å². The highest BCUT2D eigenvalue weighted by Crippen LogP contribution is 2.13. The number of rotatable bonds is 8. The molecule has 0 bridgehead atoms. The van der Waals surface area contributed by atoms with Crippen molar-refractivity contribution in [3.05, 3.63) is 18.3 Å². The van der Waals surface area contributed by atoms with E-state index in [1.807, 2.05) is 12.1 Å². The first kappa shape index (κ1) is 13.1. The van der Waals surface area contributed by atoms with Crippen LogP contribution in [0.2, 0.25) is 0 Å². The Morgan fingerprint density at radius 1 is 1.31 bits per heavy atom. The normalized spacial score (nSPS) is 10.1. The first-order chi connectivity index (χ1) is 7.86. The van der Waals surface area contributed by atoms with E-state index in [1.165, 1.54) is 19.3 Å². The van der Waals surface area contributed by atoms with E-state index in [4.69, 9.17) is 16.3 Å². The Morgan fingerprint density at radius 2 is 2.12 bits per heavy atom. The van der Waals surface area contributed by atoms with Crippen molar-refractivity contribution in [3.63, 3.8) is 0 Å². The predicted octanol–water partition coefficient (Wildman–Crippen LogP) is 3.30. The molecule has 0 saturated carbocycles. The molecule has 4 heteroatoms. The summed E-state index contributed by atoms with van der Waals surface area (Å²) in [7, 11) is 1.62. The molecule has 0 aromatic carbocycles. The predicted molar refractivity (Wildman–Crippen MR) is 68.5 cm³/mol. The molecule has 3 nitrogen and oxygen atoms in total. The topological polar surface area (TPSA) is 34.1 Å². The minimum Gasteiger partial charge on any atom is -0.481 e. The first-order valence-corrected chi connectivity index (χ1v) is 6.20. The fourth-order valence-corrected chi connectivity index (χ4v) is 1.63. The number of methoxy groups -OCH3 is 1. The summed E-state index contributed by atoms with van der Waals surface area (Å²) in [6.45, 7) is 0.982. The molecule has 0 spiro atoms. The maximum absolute atomic E-state index is 5.61. The van der Waals surface area contributed by atoms with E-state index in [9.17, 15) is 0 Å². The maximum Gasteiger partial charge on any atom is 0.214 e. The van der Waals surface area contributed by atoms with Crippen LogP contribution in [0, 0.1) is 0 Å². The van der Waals surface area contributed by atoms with Crippen molar-refractivity contribution in [1.82, 2.24) is 4.98 Å². The minimum atomic E-state index is 0.646. The molecule has 90 valence electrons. The van der Waals surface area contributed by atoms with Crippen molar-refractivity contribution in [2.45, 2.75) is 25.7 Å². The quantitative estimate of drug-likeness (QED) is 0.561. The minimum absolute atomic E-state index is 0.646. The number of nitrogens with zero attached hydrogens (tertiary/aromatic N) is 1. The number of aromatic nitrogens is 1. The van der Waals surface area contributed by atoms with Crippen LogP contribution in [0.1, 0.15) is 25.7 Å². The monoisotopic (exact) mass is 242 g/mol. The second-order valence-corrected chi connectivity index (χ2v) is 3.99. The number of halogens is 1. The van der Waals surface area contributed by atoms with E-state index in [1.54, 1.807) is 13.3 Å². The average molecular weight is 243 g/mol. The molecular formula is C12H19ClN2O. The van der Waals surface area contributed by atoms with Gasteiger partial charge in [-0.1, -0.05) is 12.8 Å². The third-order valence-electron chi connectivity index (χ3n) is 2.33. The number of hydrogen-bond donors (Lipinski definition) is 1. The largest absolute Gasteiger partial charge is 0.481 e. The van der Waals surface area contributed by atoms with Crippen LogP contribution in [-0.4, -0.2) is 24.5 Å². The highest BCUT2D eigenvalue weighted by atomic mass is 35.5. The molecule has 0 amide bonds. The van der Waals surface area contributed by atoms with E-state index in [-0.39, 0.29) is 0 Å². The average Bonchev–Trinajstić information content (AvgIpc) is 2.34. The van der Waals surface area contributed by atoms with Gasteiger partial charge < -0.3 is 10.1 Å². The molecule has 0 radical (unpaired) electrons. The smallest absolute Gasteiger partial charge is 0.214 e. The Kier molecular flexibility index (Phi) is 6.74. The van der Waals surface area contributed by atoms with Crippen LogP contribution in [0.5, 0.6) is 5.88 Å². The molecule has 1 N–H and O–H groups in total. The van der Waals surface area contributed by atoms with Crippen LogP contribution < -0.4 is 10.1 Å². The summed E-state index contributed by atoms with van der Waals surface area (Å²) in [4.78, 5) is 4.05. The third kappa shape index (κ3) is 5.21. The van der Waals surface area contributed by atoms with Gasteiger partial charge in [0.1, 0.15) is 0 Å². The highest BCUT2D eigenvalue weighted by Gasteiger charge is 1.95. The van der Waals surface area contributed by atoms with Gasteiger partial charge in [0, 0.05) is 30.4 Å². The summed E-state index contributed by atoms with van der Waals surface area (Å²) in [5, 5.41) is 3.34. The molecule has 0 atom stereocenters. The standard InChI is InChI=1S/C12H19ClN2O/c1-16-12-10-11(6-9-15-12)14-8-5-3-2-4-7-13/h6,9-10H,2-5,7-8H2,1H3,(H,14,15). The van der Waals surface area contributed by atoms with Gasteiger partial charge in [-0.25, -0.2) is 4.98 Å². The summed E-state index contributed by atoms with van der Waals surface area (Å²) in [5.74, 6) is 1.42. The van der Waals surface area contributed by atoms with Crippen molar-refractivity contribution in [2.75, 3.05) is 24.9 Å². The van der Waals surface area contributed by atoms with Gasteiger partial charge in [-0.3, -0.25) is 0 Å². The van der Waals surface area contributed by atoms with Gasteiger partial charge in [0.15, 0.2) is 0 Å². The van der Waals surface area contributed by atoms with Gasteiger partial charge in [0.25, 0.3) is 0 Å². The van der Waals surface area contributed by atoms with Crippen LogP contribution >= 0.6 is 11.6 Å². The number of anilines is 1. The van der Waals surface area contributed by atoms with Crippen LogP contribution in [0.15, 0.2) is 18.3 Å². The van der Waals surface area contributed by atoms with Crippen molar-refractivity contribution in [3.8, 4) is 5.88 Å². The third-order valence-corrected chi connectivity index (χ3v) is 2.60. The molecule has 0 unspecified atom stereocenters. The zero-order valence-corrected chi connectivity index (χ0v) is 10.5. The lowest BCUT2D eigenvalue weighted by molar-refractivity contribution is 0.398. The fraction of sp³-hybridized carbons (Fsp3) is 0.583. The van der Waals surface area contributed by atoms with Gasteiger partial charge in [-0.15, -0.1) is 11.6 Å². The molecule has 16 heavy (non-hydrogen) atoms. The summed E-state index contributed by atoms with van der Waals surface area (Å²) in [6.07, 6.45) is 6.47. The number of ether oxygens (including phenoxy) is 1. The Balaban J connectivity index is 2.16. The second kappa shape index (κ2) is 8.22. The number of nitrogens with one attached hydrogen (secondary N) is 1. The molecule has 0 fully saturated rings. The molecule has 1 aromatic rings. The highest BCUT2D eigenvalue weighted by molar-refractivity contribution is 6.17. The van der Waals surface area contributed by atoms with Gasteiger partial charge in [0.2, 0.25) is 5.88 Å². The number of unbranched alkanes of at least 4 members (excludes halogenated alkanes) is 3. The number of alkyl halides is 1. The molecule has 0 saturated heterocycles. The summed E-state index contributed by atoms with van der Waals surface area (Å²) >= 11 is 5.61. The van der Waals surface area contributed by atoms with Crippen molar-refractivity contribution < 1.29 is 4.74 Å². The van der Waals surface area contributed by atoms with E-state index >= 15 is 0 Å². The molecule has 0 aliphatic heterocycles. The lowest BCUT2D eigenvalue weighted by atomic mass is 10.2. The lowest BCUT2D eigenvalue weighted by Gasteiger charge is -2.06. The van der Waals surface area contributed by atoms with E-state index in [0.29, 0.717) is 5.88 Å². The number of hydrogen-bond acceptors (Lipinski definition) is 3. The maximum atomic E-state index is 5.61. The SMILES string of the molecule is COc1cc(NCCCCCCCl)ccn1. The van der Waals surface area contributed by atoms with Crippen LogP contribution in [0.4, 0.5) is 5.69 Å². The molecule has 0 aliphatic rings. The summed E-state index contributed by atoms with van der Waals surface area (Å²) in [6, 6.07) is 3.85. The lowest BCUT2D eigenvalue weighted by Crippen LogP contribution is -2.02. The summed E-state index contributed by atoms with van der Waals surface area (Å²) < 4.78 is 5.05. The molecule has 1 rings (SSSR count). The van der Waals surface area contributed by atoms with E-state index in [0.717, 1.165) is 24.5 Å². The van der Waals surface area contributed by atoms with Crippen molar-refractivity contribution in [1.29, 1.82) is 0 Å². The van der Waals surface area contributed by atoms with Crippen LogP contribution in [0.3, 0.4) is 0 Å². The van der Waals surface area contributed by atoms with Crippen molar-refractivity contribution >= 4 is 17.3 Å². The van der Waals surface area contributed by atoms with Crippen molar-refractivity contribution in [2.24, 2.45) is 0 Å².